The van der Waals surface area contributed by atoms with Crippen LogP contribution in [0.1, 0.15) is 11.5 Å². The normalized spacial score (nSPS) is 9.81. The first-order chi connectivity index (χ1) is 7.79. The van der Waals surface area contributed by atoms with Gasteiger partial charge in [0.1, 0.15) is 6.54 Å². The van der Waals surface area contributed by atoms with Crippen LogP contribution in [0, 0.1) is 6.92 Å². The fraction of sp³-hybridized carbons (Fsp3) is 0.182. The maximum absolute atomic E-state index is 8.17. The lowest BCUT2D eigenvalue weighted by molar-refractivity contribution is 0.509. The molecule has 0 radical (unpaired) electrons. The molecule has 0 atom stereocenters. The Morgan fingerprint density at radius 2 is 2.12 bits per heavy atom. The number of aromatic nitrogens is 1. The number of aryl methyl sites for hydroxylation is 1. The molecule has 0 amide bonds. The second-order valence-corrected chi connectivity index (χ2v) is 3.37. The van der Waals surface area contributed by atoms with Crippen LogP contribution in [0.25, 0.3) is 21.8 Å². The molecule has 0 saturated carbocycles. The first kappa shape index (κ1) is 10.3. The third-order valence-electron chi connectivity index (χ3n) is 2.16. The average Bonchev–Trinajstić information content (AvgIpc) is 2.76. The van der Waals surface area contributed by atoms with Crippen LogP contribution >= 0.6 is 0 Å². The number of oxazole rings is 1. The van der Waals surface area contributed by atoms with Crippen LogP contribution < -0.4 is 0 Å². The van der Waals surface area contributed by atoms with Gasteiger partial charge in [-0.2, -0.15) is 0 Å². The Kier molecular flexibility index (Phi) is 2.89. The molecular formula is C11H10N4O. The van der Waals surface area contributed by atoms with E-state index in [1.807, 2.05) is 31.2 Å². The van der Waals surface area contributed by atoms with Crippen molar-refractivity contribution in [1.82, 2.24) is 4.98 Å². The predicted octanol–water partition coefficient (Wildman–Crippen LogP) is 3.46. The second kappa shape index (κ2) is 4.51. The average molecular weight is 214 g/mol. The van der Waals surface area contributed by atoms with Gasteiger partial charge in [0.05, 0.1) is 6.20 Å². The Labute approximate surface area is 92.4 Å². The summed E-state index contributed by atoms with van der Waals surface area (Å²) in [5.41, 5.74) is 10.3. The monoisotopic (exact) mass is 214 g/mol. The summed E-state index contributed by atoms with van der Waals surface area (Å²) in [5, 5.41) is 3.39. The van der Waals surface area contributed by atoms with Crippen LogP contribution in [0.4, 0.5) is 0 Å². The molecule has 80 valence electrons. The third kappa shape index (κ3) is 2.21. The van der Waals surface area contributed by atoms with E-state index in [0.717, 1.165) is 5.56 Å². The van der Waals surface area contributed by atoms with Crippen LogP contribution in [0.5, 0.6) is 0 Å². The van der Waals surface area contributed by atoms with Gasteiger partial charge in [-0.15, -0.1) is 0 Å². The van der Waals surface area contributed by atoms with Gasteiger partial charge in [0.2, 0.25) is 5.89 Å². The molecule has 16 heavy (non-hydrogen) atoms. The minimum Gasteiger partial charge on any atom is -0.441 e. The van der Waals surface area contributed by atoms with Crippen molar-refractivity contribution in [3.05, 3.63) is 52.4 Å². The summed E-state index contributed by atoms with van der Waals surface area (Å²) in [6.45, 7) is 2.17. The van der Waals surface area contributed by atoms with Gasteiger partial charge in [-0.3, -0.25) is 0 Å². The predicted molar refractivity (Wildman–Crippen MR) is 59.5 cm³/mol. The fourth-order valence-electron chi connectivity index (χ4n) is 1.33. The number of hydrogen-bond acceptors (Lipinski definition) is 3. The van der Waals surface area contributed by atoms with E-state index in [2.05, 4.69) is 15.0 Å². The summed E-state index contributed by atoms with van der Waals surface area (Å²) in [6.07, 6.45) is 1.63. The highest BCUT2D eigenvalue weighted by Gasteiger charge is 2.04. The van der Waals surface area contributed by atoms with Crippen LogP contribution in [0.2, 0.25) is 0 Å². The SMILES string of the molecule is Cc1ccc(-c2cnc(CN=[N+]=[N-])o2)cc1. The zero-order chi connectivity index (χ0) is 11.4. The molecule has 0 aliphatic heterocycles. The minimum absolute atomic E-state index is 0.141. The topological polar surface area (TPSA) is 74.8 Å². The highest BCUT2D eigenvalue weighted by Crippen LogP contribution is 2.20. The highest BCUT2D eigenvalue weighted by molar-refractivity contribution is 5.56. The van der Waals surface area contributed by atoms with Gasteiger partial charge < -0.3 is 4.42 Å². The lowest BCUT2D eigenvalue weighted by atomic mass is 10.1. The van der Waals surface area contributed by atoms with Gasteiger partial charge in [0, 0.05) is 10.5 Å². The summed E-state index contributed by atoms with van der Waals surface area (Å²) in [6, 6.07) is 7.94. The largest absolute Gasteiger partial charge is 0.441 e. The van der Waals surface area contributed by atoms with E-state index in [-0.39, 0.29) is 6.54 Å². The van der Waals surface area contributed by atoms with Gasteiger partial charge in [0.15, 0.2) is 5.76 Å². The van der Waals surface area contributed by atoms with Crippen molar-refractivity contribution in [3.8, 4) is 11.3 Å². The molecule has 0 fully saturated rings. The van der Waals surface area contributed by atoms with Gasteiger partial charge in [-0.05, 0) is 12.5 Å². The van der Waals surface area contributed by atoms with Crippen LogP contribution in [0.15, 0.2) is 40.0 Å². The molecule has 0 unspecified atom stereocenters. The summed E-state index contributed by atoms with van der Waals surface area (Å²) in [5.74, 6) is 1.11. The van der Waals surface area contributed by atoms with Crippen molar-refractivity contribution in [2.75, 3.05) is 0 Å². The first-order valence-electron chi connectivity index (χ1n) is 4.82. The Hall–Kier alpha value is -2.26. The molecule has 0 aliphatic rings. The Morgan fingerprint density at radius 1 is 1.38 bits per heavy atom. The van der Waals surface area contributed by atoms with Crippen molar-refractivity contribution < 1.29 is 4.42 Å². The van der Waals surface area contributed by atoms with E-state index >= 15 is 0 Å². The van der Waals surface area contributed by atoms with E-state index in [9.17, 15) is 0 Å². The number of nitrogens with zero attached hydrogens (tertiary/aromatic N) is 4. The Morgan fingerprint density at radius 3 is 2.81 bits per heavy atom. The lowest BCUT2D eigenvalue weighted by Gasteiger charge is -1.96. The molecule has 0 spiro atoms. The molecule has 2 rings (SSSR count). The molecule has 0 saturated heterocycles. The maximum atomic E-state index is 8.17. The van der Waals surface area contributed by atoms with Crippen molar-refractivity contribution in [2.24, 2.45) is 5.11 Å². The quantitative estimate of drug-likeness (QED) is 0.445. The molecular weight excluding hydrogens is 204 g/mol. The molecule has 5 heteroatoms. The van der Waals surface area contributed by atoms with Gasteiger partial charge >= 0.3 is 0 Å². The van der Waals surface area contributed by atoms with Crippen molar-refractivity contribution >= 4 is 0 Å². The van der Waals surface area contributed by atoms with Crippen LogP contribution in [-0.2, 0) is 6.54 Å². The fourth-order valence-corrected chi connectivity index (χ4v) is 1.33. The maximum Gasteiger partial charge on any atom is 0.200 e. The minimum atomic E-state index is 0.141. The van der Waals surface area contributed by atoms with Crippen molar-refractivity contribution in [2.45, 2.75) is 13.5 Å². The first-order valence-corrected chi connectivity index (χ1v) is 4.82. The smallest absolute Gasteiger partial charge is 0.200 e. The van der Waals surface area contributed by atoms with Gasteiger partial charge in [-0.1, -0.05) is 34.9 Å². The van der Waals surface area contributed by atoms with Gasteiger partial charge in [0.25, 0.3) is 0 Å². The molecule has 0 aliphatic carbocycles. The van der Waals surface area contributed by atoms with E-state index in [1.54, 1.807) is 6.20 Å². The lowest BCUT2D eigenvalue weighted by Crippen LogP contribution is -1.76. The van der Waals surface area contributed by atoms with Gasteiger partial charge in [-0.25, -0.2) is 4.98 Å². The number of rotatable bonds is 3. The summed E-state index contributed by atoms with van der Waals surface area (Å²) >= 11 is 0. The standard InChI is InChI=1S/C11H10N4O/c1-8-2-4-9(5-3-8)10-6-13-11(16-10)7-14-15-12/h2-6H,7H2,1H3. The molecule has 5 nitrogen and oxygen atoms in total. The highest BCUT2D eigenvalue weighted by atomic mass is 16.4. The van der Waals surface area contributed by atoms with Crippen LogP contribution in [-0.4, -0.2) is 4.98 Å². The van der Waals surface area contributed by atoms with Crippen molar-refractivity contribution in [1.29, 1.82) is 0 Å². The molecule has 1 aromatic carbocycles. The van der Waals surface area contributed by atoms with E-state index in [1.165, 1.54) is 5.56 Å². The third-order valence-corrected chi connectivity index (χ3v) is 2.16. The number of azide groups is 1. The molecule has 1 heterocycles. The summed E-state index contributed by atoms with van der Waals surface area (Å²) < 4.78 is 5.44. The van der Waals surface area contributed by atoms with E-state index in [0.29, 0.717) is 11.7 Å². The molecule has 2 aromatic rings. The molecule has 0 bridgehead atoms. The molecule has 1 aromatic heterocycles. The number of benzene rings is 1. The Bertz CT molecular complexity index is 523. The van der Waals surface area contributed by atoms with Crippen molar-refractivity contribution in [3.63, 3.8) is 0 Å². The van der Waals surface area contributed by atoms with E-state index in [4.69, 9.17) is 9.95 Å². The zero-order valence-electron chi connectivity index (χ0n) is 8.79. The summed E-state index contributed by atoms with van der Waals surface area (Å²) in [4.78, 5) is 6.67. The van der Waals surface area contributed by atoms with E-state index < -0.39 is 0 Å². The van der Waals surface area contributed by atoms with Crippen LogP contribution in [0.3, 0.4) is 0 Å². The number of hydrogen-bond donors (Lipinski definition) is 0. The zero-order valence-corrected chi connectivity index (χ0v) is 8.79. The molecule has 0 N–H and O–H groups in total. The summed E-state index contributed by atoms with van der Waals surface area (Å²) in [7, 11) is 0. The second-order valence-electron chi connectivity index (χ2n) is 3.37. The Balaban J connectivity index is 2.24.